The molecule has 0 saturated heterocycles. The van der Waals surface area contributed by atoms with E-state index in [1.165, 1.54) is 44.9 Å². The fourth-order valence-electron chi connectivity index (χ4n) is 3.62. The third kappa shape index (κ3) is 3.70. The molecule has 2 aliphatic carbocycles. The van der Waals surface area contributed by atoms with E-state index in [1.54, 1.807) is 0 Å². The van der Waals surface area contributed by atoms with Crippen LogP contribution >= 0.6 is 0 Å². The lowest BCUT2D eigenvalue weighted by Gasteiger charge is -2.36. The van der Waals surface area contributed by atoms with Crippen LogP contribution in [0.15, 0.2) is 0 Å². The van der Waals surface area contributed by atoms with Crippen molar-refractivity contribution in [3.8, 4) is 0 Å². The fourth-order valence-corrected chi connectivity index (χ4v) is 3.62. The Morgan fingerprint density at radius 1 is 0.941 bits per heavy atom. The van der Waals surface area contributed by atoms with E-state index in [2.05, 4.69) is 5.32 Å². The minimum absolute atomic E-state index is 0.105. The van der Waals surface area contributed by atoms with Crippen LogP contribution in [-0.2, 0) is 4.79 Å². The Morgan fingerprint density at radius 2 is 1.53 bits per heavy atom. The third-order valence-electron chi connectivity index (χ3n) is 4.61. The molecule has 0 aliphatic heterocycles. The summed E-state index contributed by atoms with van der Waals surface area (Å²) >= 11 is 0. The SMILES string of the molecule is [NH]CC(=O)NC1CCC(C2CCCCC2)CC1. The van der Waals surface area contributed by atoms with E-state index in [0.29, 0.717) is 6.04 Å². The topological polar surface area (TPSA) is 52.9 Å². The summed E-state index contributed by atoms with van der Waals surface area (Å²) in [5.74, 6) is 1.78. The van der Waals surface area contributed by atoms with Gasteiger partial charge in [0, 0.05) is 6.04 Å². The standard InChI is InChI=1S/C14H25N2O/c15-10-14(17)16-13-8-6-12(7-9-13)11-4-2-1-3-5-11/h11-13,15H,1-10H2,(H,16,17). The number of rotatable bonds is 3. The summed E-state index contributed by atoms with van der Waals surface area (Å²) in [6, 6.07) is 0.354. The molecule has 17 heavy (non-hydrogen) atoms. The van der Waals surface area contributed by atoms with Gasteiger partial charge in [-0.15, -0.1) is 0 Å². The van der Waals surface area contributed by atoms with Gasteiger partial charge in [-0.3, -0.25) is 4.79 Å². The zero-order valence-electron chi connectivity index (χ0n) is 10.7. The predicted octanol–water partition coefficient (Wildman–Crippen LogP) is 2.52. The third-order valence-corrected chi connectivity index (χ3v) is 4.61. The summed E-state index contributed by atoms with van der Waals surface area (Å²) in [5, 5.41) is 2.97. The first kappa shape index (κ1) is 12.9. The maximum atomic E-state index is 11.2. The normalized spacial score (nSPS) is 31.1. The van der Waals surface area contributed by atoms with Gasteiger partial charge in [0.05, 0.1) is 6.54 Å². The van der Waals surface area contributed by atoms with E-state index in [-0.39, 0.29) is 12.5 Å². The molecule has 2 N–H and O–H groups in total. The summed E-state index contributed by atoms with van der Waals surface area (Å²) in [7, 11) is 0. The van der Waals surface area contributed by atoms with Crippen LogP contribution in [0.25, 0.3) is 0 Å². The van der Waals surface area contributed by atoms with Crippen molar-refractivity contribution < 1.29 is 4.79 Å². The summed E-state index contributed by atoms with van der Waals surface area (Å²) in [4.78, 5) is 11.2. The van der Waals surface area contributed by atoms with Gasteiger partial charge in [0.1, 0.15) is 0 Å². The second kappa shape index (κ2) is 6.39. The highest BCUT2D eigenvalue weighted by atomic mass is 16.1. The summed E-state index contributed by atoms with van der Waals surface area (Å²) in [6.45, 7) is -0.122. The van der Waals surface area contributed by atoms with E-state index < -0.39 is 0 Å². The minimum Gasteiger partial charge on any atom is -0.352 e. The van der Waals surface area contributed by atoms with Crippen LogP contribution in [0.5, 0.6) is 0 Å². The Hall–Kier alpha value is -0.570. The van der Waals surface area contributed by atoms with E-state index in [4.69, 9.17) is 5.73 Å². The molecular weight excluding hydrogens is 212 g/mol. The van der Waals surface area contributed by atoms with Gasteiger partial charge in [-0.25, -0.2) is 5.73 Å². The first-order valence-electron chi connectivity index (χ1n) is 7.23. The lowest BCUT2D eigenvalue weighted by molar-refractivity contribution is -0.120. The van der Waals surface area contributed by atoms with Gasteiger partial charge in [-0.2, -0.15) is 0 Å². The molecule has 0 bridgehead atoms. The number of hydrogen-bond donors (Lipinski definition) is 1. The molecule has 3 heteroatoms. The monoisotopic (exact) mass is 237 g/mol. The number of carbonyl (C=O) groups is 1. The largest absolute Gasteiger partial charge is 0.352 e. The average molecular weight is 237 g/mol. The molecule has 0 unspecified atom stereocenters. The maximum Gasteiger partial charge on any atom is 0.235 e. The van der Waals surface area contributed by atoms with Crippen LogP contribution in [0.1, 0.15) is 57.8 Å². The van der Waals surface area contributed by atoms with Crippen molar-refractivity contribution in [3.05, 3.63) is 0 Å². The maximum absolute atomic E-state index is 11.2. The molecular formula is C14H25N2O. The Balaban J connectivity index is 1.71. The van der Waals surface area contributed by atoms with E-state index >= 15 is 0 Å². The van der Waals surface area contributed by atoms with Crippen molar-refractivity contribution in [1.82, 2.24) is 11.1 Å². The van der Waals surface area contributed by atoms with E-state index in [0.717, 1.165) is 24.7 Å². The average Bonchev–Trinajstić information content (AvgIpc) is 2.40. The minimum atomic E-state index is -0.122. The molecule has 1 radical (unpaired) electrons. The predicted molar refractivity (Wildman–Crippen MR) is 68.4 cm³/mol. The van der Waals surface area contributed by atoms with Crippen LogP contribution in [0, 0.1) is 11.8 Å². The Bertz CT molecular complexity index is 241. The first-order chi connectivity index (χ1) is 8.29. The molecule has 0 aromatic carbocycles. The van der Waals surface area contributed by atoms with Crippen molar-refractivity contribution in [2.24, 2.45) is 11.8 Å². The van der Waals surface area contributed by atoms with Gasteiger partial charge < -0.3 is 5.32 Å². The molecule has 1 amide bonds. The van der Waals surface area contributed by atoms with Crippen molar-refractivity contribution in [2.45, 2.75) is 63.8 Å². The van der Waals surface area contributed by atoms with Crippen LogP contribution in [0.4, 0.5) is 0 Å². The van der Waals surface area contributed by atoms with Gasteiger partial charge in [-0.05, 0) is 37.5 Å². The van der Waals surface area contributed by atoms with Gasteiger partial charge in [0.25, 0.3) is 0 Å². The quantitative estimate of drug-likeness (QED) is 0.805. The molecule has 2 aliphatic rings. The second-order valence-corrected chi connectivity index (χ2v) is 5.75. The number of hydrogen-bond acceptors (Lipinski definition) is 1. The molecule has 3 nitrogen and oxygen atoms in total. The van der Waals surface area contributed by atoms with Crippen molar-refractivity contribution in [2.75, 3.05) is 6.54 Å². The Labute approximate surface area is 105 Å². The van der Waals surface area contributed by atoms with Crippen LogP contribution in [-0.4, -0.2) is 18.5 Å². The van der Waals surface area contributed by atoms with Crippen LogP contribution < -0.4 is 11.1 Å². The summed E-state index contributed by atoms with van der Waals surface area (Å²) < 4.78 is 0. The highest BCUT2D eigenvalue weighted by molar-refractivity contribution is 5.77. The van der Waals surface area contributed by atoms with Crippen LogP contribution in [0.2, 0.25) is 0 Å². The van der Waals surface area contributed by atoms with Crippen LogP contribution in [0.3, 0.4) is 0 Å². The van der Waals surface area contributed by atoms with Crippen molar-refractivity contribution in [3.63, 3.8) is 0 Å². The van der Waals surface area contributed by atoms with Gasteiger partial charge in [0.15, 0.2) is 0 Å². The fraction of sp³-hybridized carbons (Fsp3) is 0.929. The zero-order chi connectivity index (χ0) is 12.1. The van der Waals surface area contributed by atoms with Gasteiger partial charge >= 0.3 is 0 Å². The molecule has 0 spiro atoms. The molecule has 2 fully saturated rings. The molecule has 0 atom stereocenters. The molecule has 0 heterocycles. The first-order valence-corrected chi connectivity index (χ1v) is 7.23. The highest BCUT2D eigenvalue weighted by Gasteiger charge is 2.28. The smallest absolute Gasteiger partial charge is 0.235 e. The summed E-state index contributed by atoms with van der Waals surface area (Å²) in [6.07, 6.45) is 12.0. The molecule has 2 rings (SSSR count). The van der Waals surface area contributed by atoms with Gasteiger partial charge in [-0.1, -0.05) is 32.1 Å². The summed E-state index contributed by atoms with van der Waals surface area (Å²) in [5.41, 5.74) is 7.02. The van der Waals surface area contributed by atoms with Gasteiger partial charge in [0.2, 0.25) is 5.91 Å². The lowest BCUT2D eigenvalue weighted by atomic mass is 9.72. The Morgan fingerprint density at radius 3 is 2.12 bits per heavy atom. The Kier molecular flexibility index (Phi) is 4.84. The molecule has 2 saturated carbocycles. The van der Waals surface area contributed by atoms with Crippen molar-refractivity contribution >= 4 is 5.91 Å². The molecule has 0 aromatic heterocycles. The number of amides is 1. The zero-order valence-corrected chi connectivity index (χ0v) is 10.7. The van der Waals surface area contributed by atoms with E-state index in [1.807, 2.05) is 0 Å². The van der Waals surface area contributed by atoms with Crippen molar-refractivity contribution in [1.29, 1.82) is 0 Å². The number of nitrogens with one attached hydrogen (secondary N) is 2. The second-order valence-electron chi connectivity index (χ2n) is 5.75. The lowest BCUT2D eigenvalue weighted by Crippen LogP contribution is -2.40. The number of carbonyl (C=O) groups excluding carboxylic acids is 1. The van der Waals surface area contributed by atoms with E-state index in [9.17, 15) is 4.79 Å². The molecule has 97 valence electrons. The highest BCUT2D eigenvalue weighted by Crippen LogP contribution is 2.38. The molecule has 0 aromatic rings.